The highest BCUT2D eigenvalue weighted by Crippen LogP contribution is 2.68. The molecule has 2 aliphatic carbocycles. The Hall–Kier alpha value is -1.56. The molecule has 0 heteroatoms. The first kappa shape index (κ1) is 11.3. The average Bonchev–Trinajstić information content (AvgIpc) is 3.36. The fourth-order valence-corrected chi connectivity index (χ4v) is 3.87. The first-order valence-electron chi connectivity index (χ1n) is 7.26. The van der Waals surface area contributed by atoms with Gasteiger partial charge in [0, 0.05) is 5.41 Å². The van der Waals surface area contributed by atoms with Crippen molar-refractivity contribution in [3.05, 3.63) is 78.7 Å². The van der Waals surface area contributed by atoms with Crippen molar-refractivity contribution < 1.29 is 0 Å². The Morgan fingerprint density at radius 2 is 1.32 bits per heavy atom. The van der Waals surface area contributed by atoms with Crippen molar-refractivity contribution in [2.75, 3.05) is 0 Å². The van der Waals surface area contributed by atoms with Gasteiger partial charge in [0.15, 0.2) is 0 Å². The summed E-state index contributed by atoms with van der Waals surface area (Å²) < 4.78 is 0. The molecule has 2 saturated carbocycles. The maximum absolute atomic E-state index is 4.25. The zero-order chi connectivity index (χ0) is 12.9. The van der Waals surface area contributed by atoms with Crippen LogP contribution in [-0.2, 0) is 5.41 Å². The van der Waals surface area contributed by atoms with Gasteiger partial charge in [0.05, 0.1) is 0 Å². The Kier molecular flexibility index (Phi) is 2.35. The molecule has 2 aromatic carbocycles. The Balaban J connectivity index is 1.78. The zero-order valence-electron chi connectivity index (χ0n) is 11.1. The summed E-state index contributed by atoms with van der Waals surface area (Å²) in [6, 6.07) is 22.1. The largest absolute Gasteiger partial charge is 0.0622 e. The van der Waals surface area contributed by atoms with Gasteiger partial charge in [0.25, 0.3) is 0 Å². The van der Waals surface area contributed by atoms with E-state index in [1.807, 2.05) is 0 Å². The van der Waals surface area contributed by atoms with Crippen molar-refractivity contribution in [2.45, 2.75) is 18.3 Å². The maximum atomic E-state index is 4.25. The standard InChI is InChI=1S/C19H19/c1-14-12-17(14)18-13-19(18,15-8-4-2-5-9-15)16-10-6-3-7-11-16/h2-11,14,17-18H,1,12-13H2/t14-,17-,18+/m1/s1. The molecular weight excluding hydrogens is 228 g/mol. The second-order valence-corrected chi connectivity index (χ2v) is 6.17. The molecule has 2 aromatic rings. The van der Waals surface area contributed by atoms with Crippen LogP contribution in [-0.4, -0.2) is 0 Å². The minimum absolute atomic E-state index is 0.277. The molecule has 0 heterocycles. The van der Waals surface area contributed by atoms with Crippen LogP contribution in [0.5, 0.6) is 0 Å². The summed E-state index contributed by atoms with van der Waals surface area (Å²) in [5.41, 5.74) is 3.26. The van der Waals surface area contributed by atoms with Gasteiger partial charge in [-0.3, -0.25) is 0 Å². The van der Waals surface area contributed by atoms with Crippen molar-refractivity contribution in [2.24, 2.45) is 17.8 Å². The van der Waals surface area contributed by atoms with Crippen LogP contribution in [0.15, 0.2) is 60.7 Å². The maximum Gasteiger partial charge on any atom is 0.0237 e. The highest BCUT2D eigenvalue weighted by molar-refractivity contribution is 5.48. The van der Waals surface area contributed by atoms with Crippen molar-refractivity contribution in [3.63, 3.8) is 0 Å². The van der Waals surface area contributed by atoms with Crippen LogP contribution >= 0.6 is 0 Å². The number of benzene rings is 2. The van der Waals surface area contributed by atoms with E-state index in [-0.39, 0.29) is 5.41 Å². The minimum Gasteiger partial charge on any atom is -0.0622 e. The summed E-state index contributed by atoms with van der Waals surface area (Å²) in [6.07, 6.45) is 2.63. The molecule has 0 unspecified atom stereocenters. The molecule has 0 bridgehead atoms. The van der Waals surface area contributed by atoms with Gasteiger partial charge in [0.1, 0.15) is 0 Å². The monoisotopic (exact) mass is 247 g/mol. The minimum atomic E-state index is 0.277. The molecule has 0 nitrogen and oxygen atoms in total. The van der Waals surface area contributed by atoms with E-state index in [0.717, 1.165) is 11.8 Å². The second-order valence-electron chi connectivity index (χ2n) is 6.17. The van der Waals surface area contributed by atoms with Crippen LogP contribution in [0.2, 0.25) is 0 Å². The average molecular weight is 247 g/mol. The van der Waals surface area contributed by atoms with Crippen LogP contribution < -0.4 is 0 Å². The Morgan fingerprint density at radius 3 is 1.74 bits per heavy atom. The summed E-state index contributed by atoms with van der Waals surface area (Å²) in [6.45, 7) is 4.25. The highest BCUT2D eigenvalue weighted by Gasteiger charge is 2.63. The molecule has 4 rings (SSSR count). The zero-order valence-corrected chi connectivity index (χ0v) is 11.1. The van der Waals surface area contributed by atoms with Gasteiger partial charge in [-0.1, -0.05) is 60.7 Å². The third kappa shape index (κ3) is 1.66. The van der Waals surface area contributed by atoms with E-state index in [9.17, 15) is 0 Å². The van der Waals surface area contributed by atoms with Gasteiger partial charge in [-0.05, 0) is 48.6 Å². The fourth-order valence-electron chi connectivity index (χ4n) is 3.87. The Morgan fingerprint density at radius 1 is 0.842 bits per heavy atom. The van der Waals surface area contributed by atoms with Crippen LogP contribution in [0, 0.1) is 24.7 Å². The van der Waals surface area contributed by atoms with Crippen molar-refractivity contribution in [1.82, 2.24) is 0 Å². The van der Waals surface area contributed by atoms with Gasteiger partial charge in [-0.2, -0.15) is 0 Å². The molecule has 3 atom stereocenters. The van der Waals surface area contributed by atoms with E-state index in [0.29, 0.717) is 5.92 Å². The van der Waals surface area contributed by atoms with Crippen LogP contribution in [0.1, 0.15) is 24.0 Å². The molecule has 0 aromatic heterocycles. The van der Waals surface area contributed by atoms with Crippen LogP contribution in [0.25, 0.3) is 0 Å². The number of hydrogen-bond donors (Lipinski definition) is 0. The molecule has 0 spiro atoms. The summed E-state index contributed by atoms with van der Waals surface area (Å²) >= 11 is 0. The molecule has 0 N–H and O–H groups in total. The quantitative estimate of drug-likeness (QED) is 0.751. The normalized spacial score (nSPS) is 30.9. The molecule has 0 saturated heterocycles. The lowest BCUT2D eigenvalue weighted by atomic mass is 9.84. The molecule has 2 fully saturated rings. The summed E-state index contributed by atoms with van der Waals surface area (Å²) in [4.78, 5) is 0. The molecule has 2 aliphatic rings. The molecule has 0 aliphatic heterocycles. The summed E-state index contributed by atoms with van der Waals surface area (Å²) in [5.74, 6) is 2.35. The van der Waals surface area contributed by atoms with E-state index < -0.39 is 0 Å². The van der Waals surface area contributed by atoms with E-state index in [4.69, 9.17) is 0 Å². The van der Waals surface area contributed by atoms with Gasteiger partial charge in [-0.15, -0.1) is 0 Å². The third-order valence-electron chi connectivity index (χ3n) is 5.09. The highest BCUT2D eigenvalue weighted by atomic mass is 14.7. The predicted octanol–water partition coefficient (Wildman–Crippen LogP) is 4.46. The first-order valence-corrected chi connectivity index (χ1v) is 7.26. The molecular formula is C19H19. The summed E-state index contributed by atoms with van der Waals surface area (Å²) in [5, 5.41) is 0. The molecule has 0 amide bonds. The molecule has 19 heavy (non-hydrogen) atoms. The Labute approximate surface area is 115 Å². The van der Waals surface area contributed by atoms with Gasteiger partial charge >= 0.3 is 0 Å². The van der Waals surface area contributed by atoms with Crippen molar-refractivity contribution in [3.8, 4) is 0 Å². The lowest BCUT2D eigenvalue weighted by Gasteiger charge is -2.19. The Bertz CT molecular complexity index is 530. The number of hydrogen-bond acceptors (Lipinski definition) is 0. The van der Waals surface area contributed by atoms with Crippen LogP contribution in [0.4, 0.5) is 0 Å². The van der Waals surface area contributed by atoms with E-state index in [1.54, 1.807) is 0 Å². The van der Waals surface area contributed by atoms with E-state index in [1.165, 1.54) is 24.0 Å². The third-order valence-corrected chi connectivity index (χ3v) is 5.09. The molecule has 1 radical (unpaired) electrons. The smallest absolute Gasteiger partial charge is 0.0237 e. The van der Waals surface area contributed by atoms with E-state index >= 15 is 0 Å². The SMILES string of the molecule is [CH2][C@@H]1C[C@H]1[C@@H]1CC1(c1ccccc1)c1ccccc1. The van der Waals surface area contributed by atoms with Gasteiger partial charge < -0.3 is 0 Å². The predicted molar refractivity (Wildman–Crippen MR) is 78.7 cm³/mol. The summed E-state index contributed by atoms with van der Waals surface area (Å²) in [7, 11) is 0. The lowest BCUT2D eigenvalue weighted by Crippen LogP contribution is -2.13. The van der Waals surface area contributed by atoms with Crippen LogP contribution in [0.3, 0.4) is 0 Å². The van der Waals surface area contributed by atoms with E-state index in [2.05, 4.69) is 67.6 Å². The fraction of sp³-hybridized carbons (Fsp3) is 0.316. The number of rotatable bonds is 3. The lowest BCUT2D eigenvalue weighted by molar-refractivity contribution is 0.600. The van der Waals surface area contributed by atoms with Gasteiger partial charge in [0.2, 0.25) is 0 Å². The van der Waals surface area contributed by atoms with Crippen molar-refractivity contribution in [1.29, 1.82) is 0 Å². The van der Waals surface area contributed by atoms with Crippen molar-refractivity contribution >= 4 is 0 Å². The second kappa shape index (κ2) is 3.96. The topological polar surface area (TPSA) is 0 Å². The molecule has 95 valence electrons. The van der Waals surface area contributed by atoms with Gasteiger partial charge in [-0.25, -0.2) is 0 Å². The first-order chi connectivity index (χ1) is 9.32.